The Morgan fingerprint density at radius 2 is 1.95 bits per heavy atom. The molecule has 21 heavy (non-hydrogen) atoms. The maximum atomic E-state index is 12.7. The van der Waals surface area contributed by atoms with E-state index in [0.29, 0.717) is 17.5 Å². The van der Waals surface area contributed by atoms with Gasteiger partial charge in [-0.1, -0.05) is 30.7 Å². The smallest absolute Gasteiger partial charge is 0.227 e. The van der Waals surface area contributed by atoms with E-state index in [1.54, 1.807) is 0 Å². The van der Waals surface area contributed by atoms with Crippen molar-refractivity contribution in [2.45, 2.75) is 45.6 Å². The Kier molecular flexibility index (Phi) is 5.28. The van der Waals surface area contributed by atoms with Crippen molar-refractivity contribution in [3.05, 3.63) is 34.9 Å². The summed E-state index contributed by atoms with van der Waals surface area (Å²) in [6.07, 6.45) is 3.95. The number of halogens is 1. The maximum Gasteiger partial charge on any atom is 0.227 e. The minimum atomic E-state index is -0.382. The molecule has 1 fully saturated rings. The van der Waals surface area contributed by atoms with Crippen LogP contribution >= 0.6 is 11.6 Å². The van der Waals surface area contributed by atoms with E-state index >= 15 is 0 Å². The van der Waals surface area contributed by atoms with Crippen LogP contribution in [0.4, 0.5) is 0 Å². The normalized spacial score (nSPS) is 27.1. The van der Waals surface area contributed by atoms with Crippen LogP contribution in [-0.2, 0) is 4.79 Å². The van der Waals surface area contributed by atoms with E-state index in [4.69, 9.17) is 17.3 Å². The van der Waals surface area contributed by atoms with Gasteiger partial charge in [-0.15, -0.1) is 0 Å². The highest BCUT2D eigenvalue weighted by Gasteiger charge is 2.40. The second kappa shape index (κ2) is 6.80. The molecule has 0 unspecified atom stereocenters. The lowest BCUT2D eigenvalue weighted by Gasteiger charge is -2.38. The van der Waals surface area contributed by atoms with Gasteiger partial charge in [0, 0.05) is 11.6 Å². The van der Waals surface area contributed by atoms with Gasteiger partial charge in [0.25, 0.3) is 0 Å². The van der Waals surface area contributed by atoms with Crippen LogP contribution in [0.2, 0.25) is 5.02 Å². The van der Waals surface area contributed by atoms with E-state index in [9.17, 15) is 4.79 Å². The van der Waals surface area contributed by atoms with Gasteiger partial charge in [0.1, 0.15) is 0 Å². The Bertz CT molecular complexity index is 478. The fourth-order valence-electron chi connectivity index (χ4n) is 3.02. The third kappa shape index (κ3) is 3.78. The quantitative estimate of drug-likeness (QED) is 0.891. The summed E-state index contributed by atoms with van der Waals surface area (Å²) in [7, 11) is 0. The highest BCUT2D eigenvalue weighted by atomic mass is 35.5. The van der Waals surface area contributed by atoms with Crippen LogP contribution in [0, 0.1) is 11.3 Å². The number of amides is 1. The van der Waals surface area contributed by atoms with Crippen LogP contribution in [-0.4, -0.2) is 12.5 Å². The molecule has 1 atom stereocenters. The Labute approximate surface area is 132 Å². The number of rotatable bonds is 4. The number of nitrogens with two attached hydrogens (primary N) is 1. The molecule has 1 aromatic carbocycles. The average Bonchev–Trinajstić information content (AvgIpc) is 2.49. The van der Waals surface area contributed by atoms with Crippen molar-refractivity contribution in [2.75, 3.05) is 6.54 Å². The number of hydrogen-bond donors (Lipinski definition) is 2. The van der Waals surface area contributed by atoms with Crippen LogP contribution in [0.3, 0.4) is 0 Å². The number of carbonyl (C=O) groups is 1. The Balaban J connectivity index is 2.03. The van der Waals surface area contributed by atoms with Crippen LogP contribution < -0.4 is 11.1 Å². The van der Waals surface area contributed by atoms with Crippen molar-refractivity contribution < 1.29 is 4.79 Å². The lowest BCUT2D eigenvalue weighted by Crippen LogP contribution is -2.48. The van der Waals surface area contributed by atoms with Crippen molar-refractivity contribution in [3.63, 3.8) is 0 Å². The predicted molar refractivity (Wildman–Crippen MR) is 87.1 cm³/mol. The molecule has 0 heterocycles. The van der Waals surface area contributed by atoms with Gasteiger partial charge in [-0.3, -0.25) is 4.79 Å². The molecular formula is C17H25ClN2O. The van der Waals surface area contributed by atoms with Crippen LogP contribution in [0.25, 0.3) is 0 Å². The van der Waals surface area contributed by atoms with E-state index in [-0.39, 0.29) is 17.4 Å². The minimum Gasteiger partial charge on any atom is -0.349 e. The highest BCUT2D eigenvalue weighted by molar-refractivity contribution is 6.30. The van der Waals surface area contributed by atoms with Gasteiger partial charge in [-0.05, 0) is 56.2 Å². The summed E-state index contributed by atoms with van der Waals surface area (Å²) >= 11 is 5.90. The zero-order chi connectivity index (χ0) is 15.5. The van der Waals surface area contributed by atoms with Crippen molar-refractivity contribution in [1.29, 1.82) is 0 Å². The summed E-state index contributed by atoms with van der Waals surface area (Å²) < 4.78 is 0. The molecular weight excluding hydrogens is 284 g/mol. The first kappa shape index (κ1) is 16.3. The molecule has 3 nitrogen and oxygen atoms in total. The van der Waals surface area contributed by atoms with Crippen molar-refractivity contribution in [1.82, 2.24) is 5.32 Å². The van der Waals surface area contributed by atoms with Crippen LogP contribution in [0.15, 0.2) is 24.3 Å². The maximum absolute atomic E-state index is 12.7. The van der Waals surface area contributed by atoms with Crippen molar-refractivity contribution in [2.24, 2.45) is 17.1 Å². The molecule has 1 aliphatic rings. The van der Waals surface area contributed by atoms with Crippen LogP contribution in [0.1, 0.15) is 51.1 Å². The highest BCUT2D eigenvalue weighted by Crippen LogP contribution is 2.38. The van der Waals surface area contributed by atoms with E-state index in [1.807, 2.05) is 31.2 Å². The van der Waals surface area contributed by atoms with E-state index in [2.05, 4.69) is 12.2 Å². The summed E-state index contributed by atoms with van der Waals surface area (Å²) in [5.41, 5.74) is 6.62. The van der Waals surface area contributed by atoms with Gasteiger partial charge in [-0.2, -0.15) is 0 Å². The fraction of sp³-hybridized carbons (Fsp3) is 0.588. The third-order valence-corrected chi connectivity index (χ3v) is 5.07. The molecule has 0 aliphatic heterocycles. The van der Waals surface area contributed by atoms with Crippen LogP contribution in [0.5, 0.6) is 0 Å². The predicted octanol–water partition coefficient (Wildman–Crippen LogP) is 3.67. The molecule has 0 aromatic heterocycles. The molecule has 2 rings (SSSR count). The number of benzene rings is 1. The first-order valence-corrected chi connectivity index (χ1v) is 8.11. The molecule has 0 spiro atoms. The summed E-state index contributed by atoms with van der Waals surface area (Å²) in [6.45, 7) is 4.67. The SMILES string of the molecule is CC1CCC(CN)(C(=O)N[C@H](C)c2ccc(Cl)cc2)CC1. The molecule has 0 bridgehead atoms. The Hall–Kier alpha value is -1.06. The first-order valence-electron chi connectivity index (χ1n) is 7.73. The monoisotopic (exact) mass is 308 g/mol. The van der Waals surface area contributed by atoms with Gasteiger partial charge in [0.05, 0.1) is 11.5 Å². The average molecular weight is 309 g/mol. The molecule has 1 saturated carbocycles. The molecule has 1 amide bonds. The number of nitrogens with one attached hydrogen (secondary N) is 1. The van der Waals surface area contributed by atoms with E-state index < -0.39 is 0 Å². The van der Waals surface area contributed by atoms with Gasteiger partial charge in [0.2, 0.25) is 5.91 Å². The zero-order valence-corrected chi connectivity index (χ0v) is 13.6. The van der Waals surface area contributed by atoms with Gasteiger partial charge < -0.3 is 11.1 Å². The first-order chi connectivity index (χ1) is 9.97. The molecule has 116 valence electrons. The Morgan fingerprint density at radius 3 is 2.48 bits per heavy atom. The molecule has 0 saturated heterocycles. The molecule has 1 aliphatic carbocycles. The fourth-order valence-corrected chi connectivity index (χ4v) is 3.15. The second-order valence-corrected chi connectivity index (χ2v) is 6.85. The Morgan fingerprint density at radius 1 is 1.38 bits per heavy atom. The van der Waals surface area contributed by atoms with E-state index in [0.717, 1.165) is 31.2 Å². The standard InChI is InChI=1S/C17H25ClN2O/c1-12-7-9-17(11-19,10-8-12)16(21)20-13(2)14-3-5-15(18)6-4-14/h3-6,12-13H,7-11,19H2,1-2H3,(H,20,21)/t12?,13-,17?/m1/s1. The molecule has 3 N–H and O–H groups in total. The summed E-state index contributed by atoms with van der Waals surface area (Å²) in [6, 6.07) is 7.56. The summed E-state index contributed by atoms with van der Waals surface area (Å²) in [4.78, 5) is 12.7. The van der Waals surface area contributed by atoms with Crippen molar-refractivity contribution >= 4 is 17.5 Å². The summed E-state index contributed by atoms with van der Waals surface area (Å²) in [5.74, 6) is 0.797. The lowest BCUT2D eigenvalue weighted by molar-refractivity contribution is -0.133. The molecule has 1 aromatic rings. The zero-order valence-electron chi connectivity index (χ0n) is 12.9. The number of carbonyl (C=O) groups excluding carboxylic acids is 1. The van der Waals surface area contributed by atoms with Gasteiger partial charge in [0.15, 0.2) is 0 Å². The third-order valence-electron chi connectivity index (χ3n) is 4.82. The summed E-state index contributed by atoms with van der Waals surface area (Å²) in [5, 5.41) is 3.84. The molecule has 0 radical (unpaired) electrons. The van der Waals surface area contributed by atoms with Gasteiger partial charge >= 0.3 is 0 Å². The topological polar surface area (TPSA) is 55.1 Å². The van der Waals surface area contributed by atoms with Gasteiger partial charge in [-0.25, -0.2) is 0 Å². The molecule has 4 heteroatoms. The second-order valence-electron chi connectivity index (χ2n) is 6.41. The largest absolute Gasteiger partial charge is 0.349 e. The van der Waals surface area contributed by atoms with E-state index in [1.165, 1.54) is 0 Å². The minimum absolute atomic E-state index is 0.0301. The number of hydrogen-bond acceptors (Lipinski definition) is 2. The lowest BCUT2D eigenvalue weighted by atomic mass is 9.70. The van der Waals surface area contributed by atoms with Crippen molar-refractivity contribution in [3.8, 4) is 0 Å².